The van der Waals surface area contributed by atoms with Gasteiger partial charge in [0.15, 0.2) is 0 Å². The van der Waals surface area contributed by atoms with Crippen molar-refractivity contribution in [3.8, 4) is 6.07 Å². The van der Waals surface area contributed by atoms with E-state index in [2.05, 4.69) is 27.3 Å². The van der Waals surface area contributed by atoms with Gasteiger partial charge in [0.2, 0.25) is 0 Å². The number of hydrogen-bond acceptors (Lipinski definition) is 2. The number of rotatable bonds is 4. The molecule has 1 unspecified atom stereocenters. The summed E-state index contributed by atoms with van der Waals surface area (Å²) in [5.74, 6) is 0.0616. The molecule has 86 valence electrons. The third kappa shape index (κ3) is 3.58. The van der Waals surface area contributed by atoms with Crippen LogP contribution in [0.1, 0.15) is 25.5 Å². The van der Waals surface area contributed by atoms with E-state index in [9.17, 15) is 4.39 Å². The van der Waals surface area contributed by atoms with E-state index in [1.807, 2.05) is 13.8 Å². The summed E-state index contributed by atoms with van der Waals surface area (Å²) in [6.07, 6.45) is 0. The number of benzene rings is 1. The molecule has 4 heteroatoms. The number of nitrogens with zero attached hydrogens (tertiary/aromatic N) is 1. The Morgan fingerprint density at radius 1 is 1.50 bits per heavy atom. The molecule has 1 aromatic carbocycles. The molecule has 0 heterocycles. The van der Waals surface area contributed by atoms with Crippen molar-refractivity contribution in [2.45, 2.75) is 19.9 Å². The highest BCUT2D eigenvalue weighted by Gasteiger charge is 2.14. The highest BCUT2D eigenvalue weighted by atomic mass is 79.9. The van der Waals surface area contributed by atoms with E-state index in [4.69, 9.17) is 5.26 Å². The maximum Gasteiger partial charge on any atom is 0.130 e. The fourth-order valence-electron chi connectivity index (χ4n) is 1.31. The van der Waals surface area contributed by atoms with Gasteiger partial charge in [0, 0.05) is 10.0 Å². The molecule has 1 aromatic rings. The van der Waals surface area contributed by atoms with E-state index in [1.54, 1.807) is 12.1 Å². The molecule has 1 atom stereocenters. The average molecular weight is 285 g/mol. The number of halogens is 2. The Kier molecular flexibility index (Phi) is 4.91. The summed E-state index contributed by atoms with van der Waals surface area (Å²) >= 11 is 3.19. The summed E-state index contributed by atoms with van der Waals surface area (Å²) in [5, 5.41) is 12.0. The van der Waals surface area contributed by atoms with Crippen LogP contribution in [0.4, 0.5) is 4.39 Å². The normalized spacial score (nSPS) is 12.5. The van der Waals surface area contributed by atoms with Crippen LogP contribution >= 0.6 is 15.9 Å². The number of hydrogen-bond donors (Lipinski definition) is 1. The Labute approximate surface area is 104 Å². The first kappa shape index (κ1) is 13.1. The van der Waals surface area contributed by atoms with Gasteiger partial charge in [-0.1, -0.05) is 35.8 Å². The molecule has 0 aliphatic heterocycles. The zero-order valence-electron chi connectivity index (χ0n) is 9.30. The maximum absolute atomic E-state index is 13.6. The van der Waals surface area contributed by atoms with E-state index in [0.717, 1.165) is 0 Å². The van der Waals surface area contributed by atoms with E-state index in [1.165, 1.54) is 6.07 Å². The lowest BCUT2D eigenvalue weighted by Gasteiger charge is -2.14. The highest BCUT2D eigenvalue weighted by Crippen LogP contribution is 2.20. The van der Waals surface area contributed by atoms with Crippen LogP contribution in [0.15, 0.2) is 22.7 Å². The fourth-order valence-corrected chi connectivity index (χ4v) is 1.65. The lowest BCUT2D eigenvalue weighted by atomic mass is 10.1. The largest absolute Gasteiger partial charge is 0.298 e. The van der Waals surface area contributed by atoms with E-state index >= 15 is 0 Å². The van der Waals surface area contributed by atoms with Gasteiger partial charge >= 0.3 is 0 Å². The predicted molar refractivity (Wildman–Crippen MR) is 65.3 cm³/mol. The topological polar surface area (TPSA) is 35.8 Å². The quantitative estimate of drug-likeness (QED) is 0.920. The van der Waals surface area contributed by atoms with Gasteiger partial charge in [0.25, 0.3) is 0 Å². The van der Waals surface area contributed by atoms with Crippen molar-refractivity contribution in [2.24, 2.45) is 5.92 Å². The molecule has 0 aliphatic carbocycles. The van der Waals surface area contributed by atoms with Crippen molar-refractivity contribution in [2.75, 3.05) is 6.54 Å². The fraction of sp³-hybridized carbons (Fsp3) is 0.417. The molecular weight excluding hydrogens is 271 g/mol. The van der Waals surface area contributed by atoms with Gasteiger partial charge in [-0.05, 0) is 24.6 Å². The maximum atomic E-state index is 13.6. The molecule has 0 spiro atoms. The SMILES string of the molecule is CC(C)CNC(C#N)c1ccc(Br)cc1F. The van der Waals surface area contributed by atoms with E-state index in [0.29, 0.717) is 22.5 Å². The molecular formula is C12H14BrFN2. The summed E-state index contributed by atoms with van der Waals surface area (Å²) in [6, 6.07) is 6.21. The molecule has 0 saturated heterocycles. The Morgan fingerprint density at radius 2 is 2.19 bits per heavy atom. The summed E-state index contributed by atoms with van der Waals surface area (Å²) in [7, 11) is 0. The standard InChI is InChI=1S/C12H14BrFN2/c1-8(2)7-16-12(6-15)10-4-3-9(13)5-11(10)14/h3-5,8,12,16H,7H2,1-2H3. The molecule has 0 amide bonds. The highest BCUT2D eigenvalue weighted by molar-refractivity contribution is 9.10. The van der Waals surface area contributed by atoms with Gasteiger partial charge in [0.05, 0.1) is 6.07 Å². The number of nitrogens with one attached hydrogen (secondary N) is 1. The Hall–Kier alpha value is -0.920. The first-order valence-electron chi connectivity index (χ1n) is 5.12. The van der Waals surface area contributed by atoms with Crippen LogP contribution < -0.4 is 5.32 Å². The Bertz CT molecular complexity index is 398. The first-order chi connectivity index (χ1) is 7.54. The zero-order valence-corrected chi connectivity index (χ0v) is 10.9. The minimum absolute atomic E-state index is 0.364. The lowest BCUT2D eigenvalue weighted by Crippen LogP contribution is -2.25. The summed E-state index contributed by atoms with van der Waals surface area (Å²) < 4.78 is 14.3. The second-order valence-corrected chi connectivity index (χ2v) is 4.95. The monoisotopic (exact) mass is 284 g/mol. The molecule has 0 bridgehead atoms. The van der Waals surface area contributed by atoms with Gasteiger partial charge < -0.3 is 0 Å². The number of nitriles is 1. The third-order valence-electron chi connectivity index (χ3n) is 2.13. The van der Waals surface area contributed by atoms with Crippen molar-refractivity contribution < 1.29 is 4.39 Å². The van der Waals surface area contributed by atoms with Crippen LogP contribution in [0.2, 0.25) is 0 Å². The van der Waals surface area contributed by atoms with Crippen molar-refractivity contribution in [1.29, 1.82) is 5.26 Å². The molecule has 0 saturated carbocycles. The zero-order chi connectivity index (χ0) is 12.1. The summed E-state index contributed by atoms with van der Waals surface area (Å²) in [5.41, 5.74) is 0.395. The molecule has 16 heavy (non-hydrogen) atoms. The summed E-state index contributed by atoms with van der Waals surface area (Å²) in [4.78, 5) is 0. The molecule has 0 radical (unpaired) electrons. The van der Waals surface area contributed by atoms with Gasteiger partial charge in [-0.15, -0.1) is 0 Å². The van der Waals surface area contributed by atoms with Crippen LogP contribution in [0.3, 0.4) is 0 Å². The van der Waals surface area contributed by atoms with Gasteiger partial charge in [-0.25, -0.2) is 4.39 Å². The molecule has 1 rings (SSSR count). The van der Waals surface area contributed by atoms with Crippen LogP contribution in [-0.2, 0) is 0 Å². The van der Waals surface area contributed by atoms with Crippen molar-refractivity contribution in [1.82, 2.24) is 5.32 Å². The predicted octanol–water partition coefficient (Wildman–Crippen LogP) is 3.40. The Morgan fingerprint density at radius 3 is 2.69 bits per heavy atom. The average Bonchev–Trinajstić information content (AvgIpc) is 2.21. The minimum atomic E-state index is -0.588. The van der Waals surface area contributed by atoms with Gasteiger partial charge in [-0.3, -0.25) is 5.32 Å². The second kappa shape index (κ2) is 5.97. The van der Waals surface area contributed by atoms with Crippen LogP contribution in [0.5, 0.6) is 0 Å². The van der Waals surface area contributed by atoms with Crippen molar-refractivity contribution in [3.05, 3.63) is 34.1 Å². The van der Waals surface area contributed by atoms with Crippen molar-refractivity contribution >= 4 is 15.9 Å². The molecule has 0 aliphatic rings. The van der Waals surface area contributed by atoms with Crippen molar-refractivity contribution in [3.63, 3.8) is 0 Å². The van der Waals surface area contributed by atoms with E-state index < -0.39 is 6.04 Å². The van der Waals surface area contributed by atoms with E-state index in [-0.39, 0.29) is 5.82 Å². The lowest BCUT2D eigenvalue weighted by molar-refractivity contribution is 0.507. The van der Waals surface area contributed by atoms with Gasteiger partial charge in [-0.2, -0.15) is 5.26 Å². The summed E-state index contributed by atoms with van der Waals surface area (Å²) in [6.45, 7) is 4.77. The molecule has 0 aromatic heterocycles. The van der Waals surface area contributed by atoms with Gasteiger partial charge in [0.1, 0.15) is 11.9 Å². The van der Waals surface area contributed by atoms with Crippen LogP contribution in [0, 0.1) is 23.1 Å². The Balaban J connectivity index is 2.84. The van der Waals surface area contributed by atoms with Crippen LogP contribution in [0.25, 0.3) is 0 Å². The molecule has 2 nitrogen and oxygen atoms in total. The molecule has 1 N–H and O–H groups in total. The van der Waals surface area contributed by atoms with Crippen LogP contribution in [-0.4, -0.2) is 6.54 Å². The minimum Gasteiger partial charge on any atom is -0.298 e. The smallest absolute Gasteiger partial charge is 0.130 e. The first-order valence-corrected chi connectivity index (χ1v) is 5.92. The third-order valence-corrected chi connectivity index (χ3v) is 2.63. The second-order valence-electron chi connectivity index (χ2n) is 4.03. The molecule has 0 fully saturated rings.